The quantitative estimate of drug-likeness (QED) is 0.724. The third-order valence-electron chi connectivity index (χ3n) is 2.23. The highest BCUT2D eigenvalue weighted by Gasteiger charge is 2.17. The van der Waals surface area contributed by atoms with Gasteiger partial charge >= 0.3 is 12.0 Å². The van der Waals surface area contributed by atoms with Crippen LogP contribution >= 0.6 is 11.8 Å². The summed E-state index contributed by atoms with van der Waals surface area (Å²) >= 11 is 1.18. The van der Waals surface area contributed by atoms with Gasteiger partial charge in [0.15, 0.2) is 0 Å². The van der Waals surface area contributed by atoms with E-state index < -0.39 is 23.2 Å². The first-order chi connectivity index (χ1) is 8.93. The molecular weight excluding hydrogens is 268 g/mol. The molecular formula is C12H14N2O4S. The Kier molecular flexibility index (Phi) is 5.37. The Balaban J connectivity index is 2.68. The van der Waals surface area contributed by atoms with Crippen molar-refractivity contribution in [2.45, 2.75) is 17.1 Å². The Hall–Kier alpha value is -2.02. The molecule has 0 saturated carbocycles. The number of carbonyl (C=O) groups is 3. The van der Waals surface area contributed by atoms with Crippen LogP contribution in [0.5, 0.6) is 0 Å². The van der Waals surface area contributed by atoms with Crippen LogP contribution in [0.3, 0.4) is 0 Å². The molecule has 19 heavy (non-hydrogen) atoms. The normalized spacial score (nSPS) is 11.5. The number of hydrogen-bond acceptors (Lipinski definition) is 4. The lowest BCUT2D eigenvalue weighted by atomic mass is 10.2. The molecule has 0 bridgehead atoms. The maximum atomic E-state index is 11.6. The first-order valence-electron chi connectivity index (χ1n) is 5.46. The zero-order valence-corrected chi connectivity index (χ0v) is 11.3. The molecule has 3 N–H and O–H groups in total. The van der Waals surface area contributed by atoms with E-state index in [1.165, 1.54) is 30.9 Å². The second kappa shape index (κ2) is 6.79. The summed E-state index contributed by atoms with van der Waals surface area (Å²) in [7, 11) is 1.41. The number of benzene rings is 1. The SMILES string of the molecule is CNC(=O)NC(=O)C(C)Sc1cccc(C(=O)O)c1. The summed E-state index contributed by atoms with van der Waals surface area (Å²) < 4.78 is 0. The molecule has 0 spiro atoms. The minimum atomic E-state index is -1.02. The highest BCUT2D eigenvalue weighted by Crippen LogP contribution is 2.24. The van der Waals surface area contributed by atoms with E-state index in [0.29, 0.717) is 4.90 Å². The fraction of sp³-hybridized carbons (Fsp3) is 0.250. The van der Waals surface area contributed by atoms with Gasteiger partial charge in [-0.2, -0.15) is 0 Å². The zero-order chi connectivity index (χ0) is 14.4. The molecule has 1 aromatic carbocycles. The molecule has 0 aliphatic rings. The zero-order valence-electron chi connectivity index (χ0n) is 10.5. The second-order valence-electron chi connectivity index (χ2n) is 3.66. The number of carbonyl (C=O) groups excluding carboxylic acids is 2. The van der Waals surface area contributed by atoms with E-state index in [9.17, 15) is 14.4 Å². The number of urea groups is 1. The Bertz CT molecular complexity index is 504. The van der Waals surface area contributed by atoms with Gasteiger partial charge in [0, 0.05) is 11.9 Å². The van der Waals surface area contributed by atoms with Crippen LogP contribution in [-0.4, -0.2) is 35.3 Å². The molecule has 0 aromatic heterocycles. The summed E-state index contributed by atoms with van der Waals surface area (Å²) in [5, 5.41) is 12.8. The van der Waals surface area contributed by atoms with Crippen LogP contribution in [0.4, 0.5) is 4.79 Å². The predicted molar refractivity (Wildman–Crippen MR) is 71.3 cm³/mol. The third-order valence-corrected chi connectivity index (χ3v) is 3.32. The Morgan fingerprint density at radius 1 is 1.32 bits per heavy atom. The van der Waals surface area contributed by atoms with Crippen molar-refractivity contribution in [3.63, 3.8) is 0 Å². The van der Waals surface area contributed by atoms with Gasteiger partial charge in [-0.25, -0.2) is 9.59 Å². The van der Waals surface area contributed by atoms with Crippen molar-refractivity contribution in [2.75, 3.05) is 7.05 Å². The number of rotatable bonds is 4. The highest BCUT2D eigenvalue weighted by molar-refractivity contribution is 8.00. The standard InChI is InChI=1S/C12H14N2O4S/c1-7(10(15)14-12(18)13-2)19-9-5-3-4-8(6-9)11(16)17/h3-7H,1-2H3,(H,16,17)(H2,13,14,15,18). The molecule has 1 aromatic rings. The first-order valence-corrected chi connectivity index (χ1v) is 6.34. The minimum Gasteiger partial charge on any atom is -0.478 e. The summed E-state index contributed by atoms with van der Waals surface area (Å²) in [6.45, 7) is 1.64. The highest BCUT2D eigenvalue weighted by atomic mass is 32.2. The van der Waals surface area contributed by atoms with Crippen LogP contribution in [0.1, 0.15) is 17.3 Å². The van der Waals surface area contributed by atoms with Crippen molar-refractivity contribution in [3.8, 4) is 0 Å². The Labute approximate surface area is 114 Å². The number of carboxylic acid groups (broad SMARTS) is 1. The molecule has 0 heterocycles. The second-order valence-corrected chi connectivity index (χ2v) is 5.08. The van der Waals surface area contributed by atoms with E-state index in [-0.39, 0.29) is 5.56 Å². The van der Waals surface area contributed by atoms with Gasteiger partial charge < -0.3 is 10.4 Å². The lowest BCUT2D eigenvalue weighted by molar-refractivity contribution is -0.119. The van der Waals surface area contributed by atoms with Gasteiger partial charge in [0.2, 0.25) is 5.91 Å². The largest absolute Gasteiger partial charge is 0.478 e. The summed E-state index contributed by atoms with van der Waals surface area (Å²) in [5.74, 6) is -1.46. The maximum absolute atomic E-state index is 11.6. The maximum Gasteiger partial charge on any atom is 0.335 e. The first kappa shape index (κ1) is 15.0. The molecule has 3 amide bonds. The predicted octanol–water partition coefficient (Wildman–Crippen LogP) is 1.32. The van der Waals surface area contributed by atoms with Gasteiger partial charge in [-0.05, 0) is 25.1 Å². The Morgan fingerprint density at radius 3 is 2.58 bits per heavy atom. The number of imide groups is 1. The van der Waals surface area contributed by atoms with Gasteiger partial charge in [-0.1, -0.05) is 6.07 Å². The van der Waals surface area contributed by atoms with Crippen LogP contribution in [0, 0.1) is 0 Å². The number of thioether (sulfide) groups is 1. The summed E-state index contributed by atoms with van der Waals surface area (Å²) in [4.78, 5) is 34.1. The number of carboxylic acids is 1. The van der Waals surface area contributed by atoms with Crippen molar-refractivity contribution in [1.82, 2.24) is 10.6 Å². The number of hydrogen-bond donors (Lipinski definition) is 3. The minimum absolute atomic E-state index is 0.156. The average Bonchev–Trinajstić information content (AvgIpc) is 2.38. The molecule has 1 rings (SSSR count). The van der Waals surface area contributed by atoms with Gasteiger partial charge in [0.05, 0.1) is 10.8 Å². The summed E-state index contributed by atoms with van der Waals surface area (Å²) in [6.07, 6.45) is 0. The van der Waals surface area contributed by atoms with Crippen molar-refractivity contribution < 1.29 is 19.5 Å². The van der Waals surface area contributed by atoms with Crippen molar-refractivity contribution in [1.29, 1.82) is 0 Å². The number of nitrogens with one attached hydrogen (secondary N) is 2. The van der Waals surface area contributed by atoms with E-state index in [0.717, 1.165) is 0 Å². The molecule has 0 saturated heterocycles. The Morgan fingerprint density at radius 2 is 2.00 bits per heavy atom. The van der Waals surface area contributed by atoms with Crippen LogP contribution in [0.25, 0.3) is 0 Å². The summed E-state index contributed by atoms with van der Waals surface area (Å²) in [5.41, 5.74) is 0.156. The van der Waals surface area contributed by atoms with Gasteiger partial charge in [-0.3, -0.25) is 10.1 Å². The van der Waals surface area contributed by atoms with Crippen LogP contribution in [0.2, 0.25) is 0 Å². The summed E-state index contributed by atoms with van der Waals surface area (Å²) in [6, 6.07) is 5.70. The van der Waals surface area contributed by atoms with Crippen LogP contribution in [-0.2, 0) is 4.79 Å². The van der Waals surface area contributed by atoms with Crippen molar-refractivity contribution in [3.05, 3.63) is 29.8 Å². The molecule has 7 heteroatoms. The molecule has 0 radical (unpaired) electrons. The van der Waals surface area contributed by atoms with Gasteiger partial charge in [-0.15, -0.1) is 11.8 Å². The molecule has 102 valence electrons. The number of amides is 3. The topological polar surface area (TPSA) is 95.5 Å². The molecule has 0 aliphatic heterocycles. The van der Waals surface area contributed by atoms with E-state index in [1.54, 1.807) is 19.1 Å². The number of aromatic carboxylic acids is 1. The fourth-order valence-corrected chi connectivity index (χ4v) is 2.16. The van der Waals surface area contributed by atoms with E-state index in [2.05, 4.69) is 10.6 Å². The molecule has 0 aliphatic carbocycles. The van der Waals surface area contributed by atoms with Gasteiger partial charge in [0.1, 0.15) is 0 Å². The smallest absolute Gasteiger partial charge is 0.335 e. The lowest BCUT2D eigenvalue weighted by Crippen LogP contribution is -2.41. The van der Waals surface area contributed by atoms with Crippen LogP contribution in [0.15, 0.2) is 29.2 Å². The van der Waals surface area contributed by atoms with E-state index in [4.69, 9.17) is 5.11 Å². The van der Waals surface area contributed by atoms with Crippen molar-refractivity contribution in [2.24, 2.45) is 0 Å². The monoisotopic (exact) mass is 282 g/mol. The molecule has 6 nitrogen and oxygen atoms in total. The molecule has 1 atom stereocenters. The average molecular weight is 282 g/mol. The van der Waals surface area contributed by atoms with Crippen molar-refractivity contribution >= 4 is 29.7 Å². The van der Waals surface area contributed by atoms with E-state index >= 15 is 0 Å². The lowest BCUT2D eigenvalue weighted by Gasteiger charge is -2.11. The van der Waals surface area contributed by atoms with E-state index in [1.807, 2.05) is 0 Å². The molecule has 0 fully saturated rings. The van der Waals surface area contributed by atoms with Gasteiger partial charge in [0.25, 0.3) is 0 Å². The third kappa shape index (κ3) is 4.63. The molecule has 1 unspecified atom stereocenters. The van der Waals surface area contributed by atoms with Crippen LogP contribution < -0.4 is 10.6 Å². The fourth-order valence-electron chi connectivity index (χ4n) is 1.24.